The first-order valence-corrected chi connectivity index (χ1v) is 2.71. The molecule has 0 aliphatic heterocycles. The Labute approximate surface area is 59.2 Å². The third kappa shape index (κ3) is 7.76. The highest BCUT2D eigenvalue weighted by Crippen LogP contribution is 1.69. The van der Waals surface area contributed by atoms with E-state index in [2.05, 4.69) is 30.6 Å². The topological polar surface area (TPSA) is 61.0 Å². The summed E-state index contributed by atoms with van der Waals surface area (Å²) in [5.41, 5.74) is 4.35. The summed E-state index contributed by atoms with van der Waals surface area (Å²) < 4.78 is 0. The summed E-state index contributed by atoms with van der Waals surface area (Å²) >= 11 is 0. The van der Waals surface area contributed by atoms with Crippen molar-refractivity contribution in [3.63, 3.8) is 0 Å². The average Bonchev–Trinajstić information content (AvgIpc) is 1.97. The van der Waals surface area contributed by atoms with E-state index in [1.807, 2.05) is 0 Å². The zero-order valence-corrected chi connectivity index (χ0v) is 6.05. The van der Waals surface area contributed by atoms with Crippen molar-refractivity contribution >= 4 is 0 Å². The highest BCUT2D eigenvalue weighted by molar-refractivity contribution is 4.17. The molecule has 0 aromatic rings. The molecule has 0 aliphatic rings. The van der Waals surface area contributed by atoms with E-state index in [9.17, 15) is 0 Å². The van der Waals surface area contributed by atoms with Crippen LogP contribution in [0.4, 0.5) is 0 Å². The monoisotopic (exact) mass is 152 g/mol. The van der Waals surface area contributed by atoms with Gasteiger partial charge in [-0.05, 0) is 0 Å². The van der Waals surface area contributed by atoms with Gasteiger partial charge in [-0.1, -0.05) is 11.3 Å². The Hall–Kier alpha value is -0.240. The quantitative estimate of drug-likeness (QED) is 0.366. The Kier molecular flexibility index (Phi) is 8.55. The Balaban J connectivity index is 2.65. The van der Waals surface area contributed by atoms with E-state index in [1.165, 1.54) is 14.2 Å². The molecule has 0 atom stereocenters. The molecular formula is C4H12N2O4. The normalized spacial score (nSPS) is 10.2. The lowest BCUT2D eigenvalue weighted by atomic mass is 10.8. The Morgan fingerprint density at radius 1 is 0.900 bits per heavy atom. The molecule has 62 valence electrons. The van der Waals surface area contributed by atoms with Gasteiger partial charge in [-0.25, -0.2) is 0 Å². The minimum absolute atomic E-state index is 0.365. The van der Waals surface area contributed by atoms with Crippen molar-refractivity contribution in [3.05, 3.63) is 0 Å². The largest absolute Gasteiger partial charge is 0.280 e. The second kappa shape index (κ2) is 8.76. The van der Waals surface area contributed by atoms with Gasteiger partial charge >= 0.3 is 0 Å². The molecule has 0 unspecified atom stereocenters. The second-order valence-electron chi connectivity index (χ2n) is 1.27. The zero-order chi connectivity index (χ0) is 7.66. The molecule has 0 fully saturated rings. The van der Waals surface area contributed by atoms with Gasteiger partial charge in [-0.2, -0.15) is 0 Å². The standard InChI is InChI=1S/C4H12N2O4/c1-7-5-9-3-4-10-6-8-2/h5-6H,3-4H2,1-2H3. The van der Waals surface area contributed by atoms with E-state index in [0.29, 0.717) is 13.2 Å². The maximum atomic E-state index is 4.64. The lowest BCUT2D eigenvalue weighted by Crippen LogP contribution is -2.20. The molecule has 0 aromatic carbocycles. The average molecular weight is 152 g/mol. The van der Waals surface area contributed by atoms with E-state index in [0.717, 1.165) is 0 Å². The molecule has 0 spiro atoms. The van der Waals surface area contributed by atoms with Crippen LogP contribution in [-0.4, -0.2) is 27.4 Å². The van der Waals surface area contributed by atoms with Crippen LogP contribution in [0.2, 0.25) is 0 Å². The first-order valence-electron chi connectivity index (χ1n) is 2.71. The predicted octanol–water partition coefficient (Wildman–Crippen LogP) is -0.848. The molecule has 0 radical (unpaired) electrons. The Morgan fingerprint density at radius 3 is 1.60 bits per heavy atom. The first kappa shape index (κ1) is 9.76. The van der Waals surface area contributed by atoms with Crippen molar-refractivity contribution in [2.24, 2.45) is 0 Å². The smallest absolute Gasteiger partial charge is 0.0964 e. The van der Waals surface area contributed by atoms with E-state index in [4.69, 9.17) is 0 Å². The van der Waals surface area contributed by atoms with Crippen LogP contribution in [-0.2, 0) is 19.4 Å². The van der Waals surface area contributed by atoms with Gasteiger partial charge in [0.1, 0.15) is 0 Å². The second-order valence-corrected chi connectivity index (χ2v) is 1.27. The summed E-state index contributed by atoms with van der Waals surface area (Å²) in [6, 6.07) is 0. The van der Waals surface area contributed by atoms with Crippen molar-refractivity contribution < 1.29 is 19.4 Å². The number of rotatable bonds is 7. The third-order valence-corrected chi connectivity index (χ3v) is 0.572. The minimum Gasteiger partial charge on any atom is -0.280 e. The van der Waals surface area contributed by atoms with Crippen LogP contribution >= 0.6 is 0 Å². The molecule has 0 bridgehead atoms. The molecule has 6 nitrogen and oxygen atoms in total. The van der Waals surface area contributed by atoms with Gasteiger partial charge in [0.2, 0.25) is 0 Å². The lowest BCUT2D eigenvalue weighted by molar-refractivity contribution is -0.194. The summed E-state index contributed by atoms with van der Waals surface area (Å²) in [6.45, 7) is 0.731. The molecule has 0 saturated carbocycles. The molecular weight excluding hydrogens is 140 g/mol. The fraction of sp³-hybridized carbons (Fsp3) is 1.00. The Morgan fingerprint density at radius 2 is 1.30 bits per heavy atom. The first-order chi connectivity index (χ1) is 4.91. The zero-order valence-electron chi connectivity index (χ0n) is 6.05. The number of hydrogen-bond donors (Lipinski definition) is 2. The molecule has 0 saturated heterocycles. The third-order valence-electron chi connectivity index (χ3n) is 0.572. The summed E-state index contributed by atoms with van der Waals surface area (Å²) in [5, 5.41) is 0. The van der Waals surface area contributed by atoms with Crippen LogP contribution in [0.5, 0.6) is 0 Å². The van der Waals surface area contributed by atoms with Crippen molar-refractivity contribution in [1.29, 1.82) is 0 Å². The highest BCUT2D eigenvalue weighted by atomic mass is 16.9. The summed E-state index contributed by atoms with van der Waals surface area (Å²) in [7, 11) is 2.91. The fourth-order valence-electron chi connectivity index (χ4n) is 0.285. The van der Waals surface area contributed by atoms with Crippen molar-refractivity contribution in [3.8, 4) is 0 Å². The SMILES string of the molecule is CONOCCONOC. The van der Waals surface area contributed by atoms with Gasteiger partial charge in [0, 0.05) is 0 Å². The predicted molar refractivity (Wildman–Crippen MR) is 32.2 cm³/mol. The molecule has 6 heteroatoms. The lowest BCUT2D eigenvalue weighted by Gasteiger charge is -2.03. The van der Waals surface area contributed by atoms with Gasteiger partial charge < -0.3 is 0 Å². The molecule has 10 heavy (non-hydrogen) atoms. The molecule has 0 aromatic heterocycles. The van der Waals surface area contributed by atoms with Gasteiger partial charge in [0.25, 0.3) is 0 Å². The summed E-state index contributed by atoms with van der Waals surface area (Å²) in [4.78, 5) is 18.0. The van der Waals surface area contributed by atoms with Gasteiger partial charge in [0.05, 0.1) is 27.4 Å². The molecule has 0 amide bonds. The van der Waals surface area contributed by atoms with Crippen molar-refractivity contribution in [2.45, 2.75) is 0 Å². The number of nitrogens with one attached hydrogen (secondary N) is 2. The molecule has 0 aliphatic carbocycles. The van der Waals surface area contributed by atoms with Crippen molar-refractivity contribution in [2.75, 3.05) is 27.4 Å². The maximum Gasteiger partial charge on any atom is 0.0964 e. The van der Waals surface area contributed by atoms with Crippen LogP contribution in [0.15, 0.2) is 0 Å². The van der Waals surface area contributed by atoms with Crippen LogP contribution < -0.4 is 11.3 Å². The van der Waals surface area contributed by atoms with Gasteiger partial charge in [-0.15, -0.1) is 0 Å². The van der Waals surface area contributed by atoms with Crippen LogP contribution in [0.25, 0.3) is 0 Å². The van der Waals surface area contributed by atoms with E-state index >= 15 is 0 Å². The highest BCUT2D eigenvalue weighted by Gasteiger charge is 1.85. The summed E-state index contributed by atoms with van der Waals surface area (Å²) in [6.07, 6.45) is 0. The van der Waals surface area contributed by atoms with E-state index in [-0.39, 0.29) is 0 Å². The van der Waals surface area contributed by atoms with E-state index in [1.54, 1.807) is 0 Å². The number of hydrogen-bond acceptors (Lipinski definition) is 6. The Bertz CT molecular complexity index is 55.2. The van der Waals surface area contributed by atoms with E-state index < -0.39 is 0 Å². The minimum atomic E-state index is 0.365. The van der Waals surface area contributed by atoms with Gasteiger partial charge in [0.15, 0.2) is 0 Å². The molecule has 0 heterocycles. The van der Waals surface area contributed by atoms with Gasteiger partial charge in [-0.3, -0.25) is 19.4 Å². The van der Waals surface area contributed by atoms with Crippen LogP contribution in [0.1, 0.15) is 0 Å². The van der Waals surface area contributed by atoms with Crippen molar-refractivity contribution in [1.82, 2.24) is 11.3 Å². The molecule has 0 rings (SSSR count). The van der Waals surface area contributed by atoms with Crippen LogP contribution in [0.3, 0.4) is 0 Å². The maximum absolute atomic E-state index is 4.64. The van der Waals surface area contributed by atoms with Crippen LogP contribution in [0, 0.1) is 0 Å². The summed E-state index contributed by atoms with van der Waals surface area (Å²) in [5.74, 6) is 0. The molecule has 2 N–H and O–H groups in total. The fourth-order valence-corrected chi connectivity index (χ4v) is 0.285.